The number of hydrogen-bond acceptors (Lipinski definition) is 5. The number of carboxylic acid groups (broad SMARTS) is 1. The molecule has 1 N–H and O–H groups in total. The second kappa shape index (κ2) is 5.67. The van der Waals surface area contributed by atoms with Gasteiger partial charge >= 0.3 is 5.97 Å². The molecule has 0 saturated heterocycles. The molecule has 0 bridgehead atoms. The summed E-state index contributed by atoms with van der Waals surface area (Å²) < 4.78 is 0. The standard InChI is InChI=1S/C9H9NO3S2/c1-6(11)14-4-2-3-7-5-15-8(10-7)9(12)13/h2-3,5H,4H2,1H3,(H,12,13). The van der Waals surface area contributed by atoms with Crippen molar-refractivity contribution in [1.29, 1.82) is 0 Å². The maximum absolute atomic E-state index is 10.6. The second-order valence-corrected chi connectivity index (χ2v) is 4.64. The second-order valence-electron chi connectivity index (χ2n) is 2.59. The number of carboxylic acids is 1. The summed E-state index contributed by atoms with van der Waals surface area (Å²) in [7, 11) is 0. The molecule has 0 saturated carbocycles. The van der Waals surface area contributed by atoms with Gasteiger partial charge in [0.05, 0.1) is 5.69 Å². The Hall–Kier alpha value is -1.14. The molecule has 0 spiro atoms. The van der Waals surface area contributed by atoms with E-state index < -0.39 is 5.97 Å². The van der Waals surface area contributed by atoms with E-state index in [0.29, 0.717) is 11.4 Å². The zero-order valence-electron chi connectivity index (χ0n) is 7.97. The lowest BCUT2D eigenvalue weighted by atomic mass is 10.4. The third-order valence-electron chi connectivity index (χ3n) is 1.38. The van der Waals surface area contributed by atoms with E-state index in [4.69, 9.17) is 5.11 Å². The predicted molar refractivity (Wildman–Crippen MR) is 61.2 cm³/mol. The van der Waals surface area contributed by atoms with Crippen LogP contribution in [0.1, 0.15) is 22.4 Å². The smallest absolute Gasteiger partial charge is 0.365 e. The average molecular weight is 243 g/mol. The number of carbonyl (C=O) groups is 2. The Balaban J connectivity index is 2.50. The van der Waals surface area contributed by atoms with Crippen LogP contribution in [0.25, 0.3) is 6.08 Å². The molecule has 0 radical (unpaired) electrons. The molecule has 0 fully saturated rings. The summed E-state index contributed by atoms with van der Waals surface area (Å²) in [6, 6.07) is 0. The highest BCUT2D eigenvalue weighted by molar-refractivity contribution is 8.13. The van der Waals surface area contributed by atoms with Crippen LogP contribution >= 0.6 is 23.1 Å². The van der Waals surface area contributed by atoms with Crippen LogP contribution in [0.2, 0.25) is 0 Å². The highest BCUT2D eigenvalue weighted by Gasteiger charge is 2.06. The largest absolute Gasteiger partial charge is 0.476 e. The predicted octanol–water partition coefficient (Wildman–Crippen LogP) is 2.13. The van der Waals surface area contributed by atoms with Crippen molar-refractivity contribution in [3.05, 3.63) is 22.2 Å². The summed E-state index contributed by atoms with van der Waals surface area (Å²) in [6.07, 6.45) is 3.49. The molecule has 0 unspecified atom stereocenters. The van der Waals surface area contributed by atoms with E-state index in [2.05, 4.69) is 4.98 Å². The van der Waals surface area contributed by atoms with Crippen molar-refractivity contribution in [1.82, 2.24) is 4.98 Å². The Kier molecular flexibility index (Phi) is 4.51. The third kappa shape index (κ3) is 4.26. The summed E-state index contributed by atoms with van der Waals surface area (Å²) in [5.74, 6) is -0.437. The van der Waals surface area contributed by atoms with Crippen molar-refractivity contribution in [3.8, 4) is 0 Å². The maximum Gasteiger partial charge on any atom is 0.365 e. The van der Waals surface area contributed by atoms with Gasteiger partial charge in [-0.3, -0.25) is 4.79 Å². The molecule has 1 rings (SSSR count). The summed E-state index contributed by atoms with van der Waals surface area (Å²) in [6.45, 7) is 1.50. The highest BCUT2D eigenvalue weighted by atomic mass is 32.2. The zero-order valence-corrected chi connectivity index (χ0v) is 9.60. The quantitative estimate of drug-likeness (QED) is 0.877. The molecule has 0 aliphatic carbocycles. The molecular formula is C9H9NO3S2. The van der Waals surface area contributed by atoms with Crippen LogP contribution in [-0.2, 0) is 4.79 Å². The fourth-order valence-electron chi connectivity index (χ4n) is 0.795. The highest BCUT2D eigenvalue weighted by Crippen LogP contribution is 2.11. The van der Waals surface area contributed by atoms with Gasteiger partial charge in [-0.25, -0.2) is 9.78 Å². The molecule has 1 aromatic rings. The van der Waals surface area contributed by atoms with Gasteiger partial charge in [-0.2, -0.15) is 0 Å². The van der Waals surface area contributed by atoms with Crippen LogP contribution in [0, 0.1) is 0 Å². The van der Waals surface area contributed by atoms with Crippen LogP contribution in [0.5, 0.6) is 0 Å². The van der Waals surface area contributed by atoms with E-state index in [0.717, 1.165) is 11.3 Å². The minimum atomic E-state index is -1.02. The minimum absolute atomic E-state index is 0.0594. The van der Waals surface area contributed by atoms with E-state index in [-0.39, 0.29) is 10.1 Å². The Morgan fingerprint density at radius 3 is 2.93 bits per heavy atom. The third-order valence-corrected chi connectivity index (χ3v) is 2.99. The monoisotopic (exact) mass is 243 g/mol. The fourth-order valence-corrected chi connectivity index (χ4v) is 1.84. The van der Waals surface area contributed by atoms with Gasteiger partial charge in [0.2, 0.25) is 5.01 Å². The molecule has 0 atom stereocenters. The molecular weight excluding hydrogens is 234 g/mol. The number of hydrogen-bond donors (Lipinski definition) is 1. The summed E-state index contributed by atoms with van der Waals surface area (Å²) in [4.78, 5) is 25.0. The number of nitrogens with zero attached hydrogens (tertiary/aromatic N) is 1. The van der Waals surface area contributed by atoms with Gasteiger partial charge in [0, 0.05) is 18.1 Å². The Bertz CT molecular complexity index is 398. The van der Waals surface area contributed by atoms with Crippen molar-refractivity contribution in [2.45, 2.75) is 6.92 Å². The molecule has 0 aromatic carbocycles. The normalized spacial score (nSPS) is 10.7. The van der Waals surface area contributed by atoms with Gasteiger partial charge in [-0.05, 0) is 6.08 Å². The molecule has 4 nitrogen and oxygen atoms in total. The van der Waals surface area contributed by atoms with E-state index in [1.807, 2.05) is 0 Å². The molecule has 0 aliphatic rings. The van der Waals surface area contributed by atoms with Crippen LogP contribution in [0.15, 0.2) is 11.5 Å². The number of thioether (sulfide) groups is 1. The van der Waals surface area contributed by atoms with Crippen LogP contribution in [0.3, 0.4) is 0 Å². The van der Waals surface area contributed by atoms with Crippen molar-refractivity contribution in [2.75, 3.05) is 5.75 Å². The van der Waals surface area contributed by atoms with Crippen LogP contribution < -0.4 is 0 Å². The summed E-state index contributed by atoms with van der Waals surface area (Å²) in [5.41, 5.74) is 0.613. The van der Waals surface area contributed by atoms with E-state index in [1.54, 1.807) is 17.5 Å². The number of thiazole rings is 1. The number of rotatable bonds is 4. The Morgan fingerprint density at radius 2 is 2.40 bits per heavy atom. The first-order valence-electron chi connectivity index (χ1n) is 4.08. The number of aromatic nitrogens is 1. The van der Waals surface area contributed by atoms with Gasteiger partial charge in [-0.15, -0.1) is 11.3 Å². The van der Waals surface area contributed by atoms with Crippen molar-refractivity contribution < 1.29 is 14.7 Å². The van der Waals surface area contributed by atoms with E-state index in [1.165, 1.54) is 18.7 Å². The van der Waals surface area contributed by atoms with Gasteiger partial charge in [-0.1, -0.05) is 17.8 Å². The molecule has 1 heterocycles. The van der Waals surface area contributed by atoms with Crippen LogP contribution in [0.4, 0.5) is 0 Å². The fraction of sp³-hybridized carbons (Fsp3) is 0.222. The van der Waals surface area contributed by atoms with E-state index >= 15 is 0 Å². The first-order valence-corrected chi connectivity index (χ1v) is 5.95. The van der Waals surface area contributed by atoms with Gasteiger partial charge in [0.1, 0.15) is 0 Å². The van der Waals surface area contributed by atoms with Crippen molar-refractivity contribution in [2.24, 2.45) is 0 Å². The Labute approximate surface area is 95.0 Å². The lowest BCUT2D eigenvalue weighted by molar-refractivity contribution is -0.109. The SMILES string of the molecule is CC(=O)SCC=Cc1csc(C(=O)O)n1. The van der Waals surface area contributed by atoms with Crippen molar-refractivity contribution in [3.63, 3.8) is 0 Å². The maximum atomic E-state index is 10.6. The molecule has 0 aliphatic heterocycles. The van der Waals surface area contributed by atoms with E-state index in [9.17, 15) is 9.59 Å². The number of aromatic carboxylic acids is 1. The van der Waals surface area contributed by atoms with Crippen molar-refractivity contribution >= 4 is 40.3 Å². The minimum Gasteiger partial charge on any atom is -0.476 e. The van der Waals surface area contributed by atoms with Gasteiger partial charge in [0.15, 0.2) is 5.12 Å². The molecule has 1 aromatic heterocycles. The molecule has 80 valence electrons. The number of carbonyl (C=O) groups excluding carboxylic acids is 1. The van der Waals surface area contributed by atoms with Crippen LogP contribution in [-0.4, -0.2) is 26.9 Å². The molecule has 6 heteroatoms. The lowest BCUT2D eigenvalue weighted by Gasteiger charge is -1.87. The topological polar surface area (TPSA) is 67.3 Å². The molecule has 0 amide bonds. The average Bonchev–Trinajstić information content (AvgIpc) is 2.60. The zero-order chi connectivity index (χ0) is 11.3. The van der Waals surface area contributed by atoms with Gasteiger partial charge < -0.3 is 5.11 Å². The van der Waals surface area contributed by atoms with Gasteiger partial charge in [0.25, 0.3) is 0 Å². The summed E-state index contributed by atoms with van der Waals surface area (Å²) >= 11 is 2.28. The summed E-state index contributed by atoms with van der Waals surface area (Å²) in [5, 5.41) is 10.4. The molecule has 15 heavy (non-hydrogen) atoms. The first-order chi connectivity index (χ1) is 7.09. The lowest BCUT2D eigenvalue weighted by Crippen LogP contribution is -1.94. The Morgan fingerprint density at radius 1 is 1.67 bits per heavy atom. The first kappa shape index (κ1) is 11.9.